The van der Waals surface area contributed by atoms with Crippen molar-refractivity contribution in [2.24, 2.45) is 0 Å². The summed E-state index contributed by atoms with van der Waals surface area (Å²) < 4.78 is 0. The van der Waals surface area contributed by atoms with Crippen molar-refractivity contribution in [1.29, 1.82) is 0 Å². The summed E-state index contributed by atoms with van der Waals surface area (Å²) in [5, 5.41) is 0. The van der Waals surface area contributed by atoms with Gasteiger partial charge in [0.25, 0.3) is 0 Å². The molecule has 8 nitrogen and oxygen atoms in total. The highest BCUT2D eigenvalue weighted by Gasteiger charge is 2.20. The van der Waals surface area contributed by atoms with Gasteiger partial charge >= 0.3 is 0 Å². The zero-order valence-electron chi connectivity index (χ0n) is 35.5. The highest BCUT2D eigenvalue weighted by Crippen LogP contribution is 2.41. The molecule has 4 heterocycles. The summed E-state index contributed by atoms with van der Waals surface area (Å²) >= 11 is 0. The zero-order chi connectivity index (χ0) is 44.1. The quantitative estimate of drug-likeness (QED) is 0.134. The summed E-state index contributed by atoms with van der Waals surface area (Å²) in [6.07, 6.45) is 5.49. The second kappa shape index (κ2) is 17.9. The average Bonchev–Trinajstić information content (AvgIpc) is 3.42. The van der Waals surface area contributed by atoms with Crippen LogP contribution in [0.4, 0.5) is 0 Å². The lowest BCUT2D eigenvalue weighted by Gasteiger charge is -2.17. The van der Waals surface area contributed by atoms with E-state index in [9.17, 15) is 0 Å². The Morgan fingerprint density at radius 1 is 0.227 bits per heavy atom. The monoisotopic (exact) mass is 846 g/mol. The van der Waals surface area contributed by atoms with Crippen molar-refractivity contribution in [2.45, 2.75) is 0 Å². The van der Waals surface area contributed by atoms with Gasteiger partial charge in [0, 0.05) is 63.1 Å². The molecule has 7 aromatic carbocycles. The highest BCUT2D eigenvalue weighted by atomic mass is 15.0. The molecule has 0 spiro atoms. The summed E-state index contributed by atoms with van der Waals surface area (Å²) in [6, 6.07) is 71.6. The van der Waals surface area contributed by atoms with Crippen LogP contribution in [0.5, 0.6) is 0 Å². The van der Waals surface area contributed by atoms with Gasteiger partial charge in [-0.1, -0.05) is 176 Å². The van der Waals surface area contributed by atoms with Crippen molar-refractivity contribution in [3.8, 4) is 113 Å². The highest BCUT2D eigenvalue weighted by molar-refractivity contribution is 5.93. The number of aromatic nitrogens is 8. The summed E-state index contributed by atoms with van der Waals surface area (Å²) in [4.78, 5) is 39.6. The third-order valence-electron chi connectivity index (χ3n) is 11.4. The van der Waals surface area contributed by atoms with Crippen molar-refractivity contribution in [2.75, 3.05) is 0 Å². The van der Waals surface area contributed by atoms with E-state index in [0.29, 0.717) is 34.9 Å². The van der Waals surface area contributed by atoms with Crippen molar-refractivity contribution >= 4 is 0 Å². The van der Waals surface area contributed by atoms with Gasteiger partial charge in [-0.25, -0.2) is 29.9 Å². The zero-order valence-corrected chi connectivity index (χ0v) is 35.5. The largest absolute Gasteiger partial charge is 0.264 e. The molecule has 0 atom stereocenters. The first kappa shape index (κ1) is 39.7. The summed E-state index contributed by atoms with van der Waals surface area (Å²) in [7, 11) is 0. The molecule has 0 bridgehead atoms. The normalized spacial score (nSPS) is 11.0. The van der Waals surface area contributed by atoms with Gasteiger partial charge in [0.15, 0.2) is 34.9 Å². The maximum atomic E-state index is 5.16. The van der Waals surface area contributed by atoms with Crippen LogP contribution < -0.4 is 0 Å². The van der Waals surface area contributed by atoms with E-state index >= 15 is 0 Å². The lowest BCUT2D eigenvalue weighted by molar-refractivity contribution is 1.07. The molecule has 0 saturated heterocycles. The van der Waals surface area contributed by atoms with Gasteiger partial charge in [-0.2, -0.15) is 0 Å². The van der Waals surface area contributed by atoms with Crippen molar-refractivity contribution in [1.82, 2.24) is 39.9 Å². The molecule has 11 rings (SSSR count). The molecular weight excluding hydrogens is 809 g/mol. The van der Waals surface area contributed by atoms with E-state index in [1.807, 2.05) is 140 Å². The van der Waals surface area contributed by atoms with Crippen LogP contribution >= 0.6 is 0 Å². The molecule has 0 amide bonds. The van der Waals surface area contributed by atoms with Gasteiger partial charge < -0.3 is 0 Å². The molecule has 0 N–H and O–H groups in total. The number of hydrogen-bond donors (Lipinski definition) is 0. The van der Waals surface area contributed by atoms with Crippen LogP contribution in [0.25, 0.3) is 113 Å². The first-order valence-electron chi connectivity index (χ1n) is 21.7. The SMILES string of the molecule is c1ccc(-c2nc(-c3cccc(-c4ccccn4)c3)nc(-c3cccc(-c4cc(-c5cccnc5)ccc4-c4ccccc4-c4nc(-c5ccccc5)nc(-c5ccccc5)n4)c3)n2)cc1. The first-order valence-corrected chi connectivity index (χ1v) is 21.7. The Bertz CT molecular complexity index is 3400. The Balaban J connectivity index is 1.08. The fraction of sp³-hybridized carbons (Fsp3) is 0. The van der Waals surface area contributed by atoms with Crippen LogP contribution in [-0.2, 0) is 0 Å². The maximum absolute atomic E-state index is 5.16. The molecular formula is C58H38N8. The molecule has 66 heavy (non-hydrogen) atoms. The molecule has 4 aromatic heterocycles. The predicted octanol–water partition coefficient (Wildman–Crippen LogP) is 13.5. The molecule has 310 valence electrons. The number of hydrogen-bond acceptors (Lipinski definition) is 8. The van der Waals surface area contributed by atoms with Gasteiger partial charge in [0.2, 0.25) is 0 Å². The van der Waals surface area contributed by atoms with Crippen LogP contribution in [0.2, 0.25) is 0 Å². The van der Waals surface area contributed by atoms with E-state index in [-0.39, 0.29) is 0 Å². The minimum absolute atomic E-state index is 0.557. The van der Waals surface area contributed by atoms with Gasteiger partial charge in [0.05, 0.1) is 5.69 Å². The van der Waals surface area contributed by atoms with E-state index in [0.717, 1.165) is 78.0 Å². The van der Waals surface area contributed by atoms with E-state index in [1.54, 1.807) is 12.4 Å². The van der Waals surface area contributed by atoms with Crippen LogP contribution in [0.15, 0.2) is 231 Å². The molecule has 0 radical (unpaired) electrons. The third kappa shape index (κ3) is 8.25. The van der Waals surface area contributed by atoms with Crippen molar-refractivity contribution < 1.29 is 0 Å². The van der Waals surface area contributed by atoms with Gasteiger partial charge in [0.1, 0.15) is 0 Å². The van der Waals surface area contributed by atoms with Crippen LogP contribution in [-0.4, -0.2) is 39.9 Å². The Morgan fingerprint density at radius 3 is 1.24 bits per heavy atom. The number of nitrogens with zero attached hydrogens (tertiary/aromatic N) is 8. The topological polar surface area (TPSA) is 103 Å². The first-order chi connectivity index (χ1) is 32.7. The minimum Gasteiger partial charge on any atom is -0.264 e. The van der Waals surface area contributed by atoms with Gasteiger partial charge in [-0.15, -0.1) is 0 Å². The summed E-state index contributed by atoms with van der Waals surface area (Å²) in [5.74, 6) is 3.49. The van der Waals surface area contributed by atoms with Crippen molar-refractivity contribution in [3.05, 3.63) is 231 Å². The predicted molar refractivity (Wildman–Crippen MR) is 263 cm³/mol. The summed E-state index contributed by atoms with van der Waals surface area (Å²) in [5.41, 5.74) is 13.2. The van der Waals surface area contributed by atoms with Crippen LogP contribution in [0.1, 0.15) is 0 Å². The minimum atomic E-state index is 0.557. The molecule has 11 aromatic rings. The number of rotatable bonds is 10. The summed E-state index contributed by atoms with van der Waals surface area (Å²) in [6.45, 7) is 0. The van der Waals surface area contributed by atoms with Gasteiger partial charge in [-0.05, 0) is 64.2 Å². The lowest BCUT2D eigenvalue weighted by atomic mass is 9.88. The van der Waals surface area contributed by atoms with E-state index < -0.39 is 0 Å². The Morgan fingerprint density at radius 2 is 0.682 bits per heavy atom. The Kier molecular flexibility index (Phi) is 10.8. The molecule has 0 saturated carbocycles. The number of benzene rings is 7. The van der Waals surface area contributed by atoms with Crippen LogP contribution in [0, 0.1) is 0 Å². The molecule has 8 heteroatoms. The second-order valence-corrected chi connectivity index (χ2v) is 15.6. The Hall–Kier alpha value is -9.14. The molecule has 0 fully saturated rings. The maximum Gasteiger partial charge on any atom is 0.164 e. The smallest absolute Gasteiger partial charge is 0.164 e. The van der Waals surface area contributed by atoms with Crippen molar-refractivity contribution in [3.63, 3.8) is 0 Å². The van der Waals surface area contributed by atoms with E-state index in [1.165, 1.54) is 0 Å². The fourth-order valence-corrected chi connectivity index (χ4v) is 8.10. The Labute approximate surface area is 382 Å². The molecule has 0 aliphatic carbocycles. The second-order valence-electron chi connectivity index (χ2n) is 15.6. The van der Waals surface area contributed by atoms with E-state index in [2.05, 4.69) is 88.8 Å². The average molecular weight is 847 g/mol. The molecule has 0 aliphatic heterocycles. The molecule has 0 aliphatic rings. The number of pyridine rings is 2. The molecule has 0 unspecified atom stereocenters. The van der Waals surface area contributed by atoms with Crippen LogP contribution in [0.3, 0.4) is 0 Å². The lowest BCUT2D eigenvalue weighted by Crippen LogP contribution is -2.01. The fourth-order valence-electron chi connectivity index (χ4n) is 8.10. The van der Waals surface area contributed by atoms with E-state index in [4.69, 9.17) is 29.9 Å². The van der Waals surface area contributed by atoms with Gasteiger partial charge in [-0.3, -0.25) is 9.97 Å². The third-order valence-corrected chi connectivity index (χ3v) is 11.4. The standard InChI is InChI=1S/C58H38N8/c1-4-17-39(18-5-1)53-62-56(64-57(63-53)46-26-15-24-44(36-46)52-30-12-13-34-60-52)45-25-14-23-43(35-45)51-37-42(47-27-16-33-59-38-47)31-32-49(51)48-28-10-11-29-50(48)58-65-54(40-19-6-2-7-20-40)61-55(66-58)41-21-8-3-9-22-41/h1-38H.